The standard InChI is InChI=1S/C20H20N2O2/c1-2-24-15-8-5-7-14(12-15)18-17-11-10-13-6-3-4-9-16(13)19(17)22-20(23)21-18/h3-9,12,18H,2,10-11H2,1H3,(H2,21,22,23). The highest BCUT2D eigenvalue weighted by Crippen LogP contribution is 2.39. The summed E-state index contributed by atoms with van der Waals surface area (Å²) in [5.74, 6) is 0.834. The van der Waals surface area contributed by atoms with Crippen LogP contribution in [0.5, 0.6) is 5.75 Å². The molecule has 0 aromatic heterocycles. The quantitative estimate of drug-likeness (QED) is 0.904. The van der Waals surface area contributed by atoms with E-state index in [1.54, 1.807) is 0 Å². The molecule has 4 rings (SSSR count). The molecule has 2 amide bonds. The maximum absolute atomic E-state index is 12.2. The Morgan fingerprint density at radius 1 is 1.12 bits per heavy atom. The minimum Gasteiger partial charge on any atom is -0.494 e. The minimum atomic E-state index is -0.155. The number of nitrogens with one attached hydrogen (secondary N) is 2. The second kappa shape index (κ2) is 6.04. The molecule has 4 heteroatoms. The number of amides is 2. The number of hydrogen-bond donors (Lipinski definition) is 2. The van der Waals surface area contributed by atoms with E-state index in [4.69, 9.17) is 4.74 Å². The third-order valence-electron chi connectivity index (χ3n) is 4.64. The van der Waals surface area contributed by atoms with Gasteiger partial charge >= 0.3 is 6.03 Å². The Balaban J connectivity index is 1.79. The topological polar surface area (TPSA) is 50.4 Å². The number of benzene rings is 2. The Morgan fingerprint density at radius 2 is 2.00 bits per heavy atom. The fraction of sp³-hybridized carbons (Fsp3) is 0.250. The van der Waals surface area contributed by atoms with Crippen LogP contribution in [-0.2, 0) is 6.42 Å². The monoisotopic (exact) mass is 320 g/mol. The second-order valence-electron chi connectivity index (χ2n) is 6.09. The SMILES string of the molecule is CCOc1cccc(C2NC(=O)NC3=C2CCc2ccccc23)c1. The molecular weight excluding hydrogens is 300 g/mol. The Hall–Kier alpha value is -2.75. The van der Waals surface area contributed by atoms with Gasteiger partial charge in [-0.25, -0.2) is 4.79 Å². The van der Waals surface area contributed by atoms with Crippen LogP contribution >= 0.6 is 0 Å². The van der Waals surface area contributed by atoms with Gasteiger partial charge in [-0.2, -0.15) is 0 Å². The van der Waals surface area contributed by atoms with Crippen molar-refractivity contribution in [2.45, 2.75) is 25.8 Å². The minimum absolute atomic E-state index is 0.109. The molecule has 4 nitrogen and oxygen atoms in total. The van der Waals surface area contributed by atoms with Crippen LogP contribution in [0.1, 0.15) is 36.1 Å². The smallest absolute Gasteiger partial charge is 0.319 e. The Labute approximate surface area is 141 Å². The molecule has 0 fully saturated rings. The summed E-state index contributed by atoms with van der Waals surface area (Å²) in [4.78, 5) is 12.2. The van der Waals surface area contributed by atoms with Crippen molar-refractivity contribution in [1.29, 1.82) is 0 Å². The highest BCUT2D eigenvalue weighted by Gasteiger charge is 2.31. The molecule has 0 saturated carbocycles. The molecule has 0 saturated heterocycles. The lowest BCUT2D eigenvalue weighted by Gasteiger charge is -2.34. The van der Waals surface area contributed by atoms with Crippen LogP contribution in [0.4, 0.5) is 4.79 Å². The summed E-state index contributed by atoms with van der Waals surface area (Å²) in [6, 6.07) is 16.0. The summed E-state index contributed by atoms with van der Waals surface area (Å²) < 4.78 is 5.61. The van der Waals surface area contributed by atoms with Crippen molar-refractivity contribution >= 4 is 11.7 Å². The maximum atomic E-state index is 12.2. The predicted octanol–water partition coefficient (Wildman–Crippen LogP) is 3.80. The summed E-state index contributed by atoms with van der Waals surface area (Å²) in [5.41, 5.74) is 5.69. The molecule has 0 spiro atoms. The van der Waals surface area contributed by atoms with Gasteiger partial charge in [-0.05, 0) is 48.6 Å². The van der Waals surface area contributed by atoms with Crippen molar-refractivity contribution in [3.8, 4) is 5.75 Å². The van der Waals surface area contributed by atoms with Crippen LogP contribution in [0.2, 0.25) is 0 Å². The molecule has 2 aromatic carbocycles. The van der Waals surface area contributed by atoms with Gasteiger partial charge in [-0.15, -0.1) is 0 Å². The Kier molecular flexibility index (Phi) is 3.73. The van der Waals surface area contributed by atoms with E-state index < -0.39 is 0 Å². The molecule has 2 aliphatic rings. The number of urea groups is 1. The van der Waals surface area contributed by atoms with Crippen LogP contribution < -0.4 is 15.4 Å². The van der Waals surface area contributed by atoms with E-state index in [2.05, 4.69) is 28.8 Å². The lowest BCUT2D eigenvalue weighted by Crippen LogP contribution is -2.44. The van der Waals surface area contributed by atoms with Crippen molar-refractivity contribution in [3.05, 3.63) is 70.8 Å². The summed E-state index contributed by atoms with van der Waals surface area (Å²) in [7, 11) is 0. The summed E-state index contributed by atoms with van der Waals surface area (Å²) >= 11 is 0. The normalized spacial score (nSPS) is 19.0. The first-order valence-electron chi connectivity index (χ1n) is 8.38. The van der Waals surface area contributed by atoms with Gasteiger partial charge in [0.2, 0.25) is 0 Å². The molecule has 1 aliphatic carbocycles. The first-order valence-corrected chi connectivity index (χ1v) is 8.38. The Morgan fingerprint density at radius 3 is 2.88 bits per heavy atom. The van der Waals surface area contributed by atoms with Gasteiger partial charge in [0.05, 0.1) is 18.3 Å². The summed E-state index contributed by atoms with van der Waals surface area (Å²) in [6.45, 7) is 2.60. The number of carbonyl (C=O) groups is 1. The van der Waals surface area contributed by atoms with Crippen LogP contribution in [0.15, 0.2) is 54.1 Å². The highest BCUT2D eigenvalue weighted by atomic mass is 16.5. The zero-order valence-electron chi connectivity index (χ0n) is 13.6. The molecule has 0 radical (unpaired) electrons. The average molecular weight is 320 g/mol. The first-order chi connectivity index (χ1) is 11.8. The van der Waals surface area contributed by atoms with Crippen molar-refractivity contribution in [2.24, 2.45) is 0 Å². The first kappa shape index (κ1) is 14.8. The van der Waals surface area contributed by atoms with Crippen molar-refractivity contribution < 1.29 is 9.53 Å². The van der Waals surface area contributed by atoms with Gasteiger partial charge < -0.3 is 15.4 Å². The number of ether oxygens (including phenoxy) is 1. The van der Waals surface area contributed by atoms with Crippen LogP contribution in [-0.4, -0.2) is 12.6 Å². The van der Waals surface area contributed by atoms with E-state index in [9.17, 15) is 4.79 Å². The van der Waals surface area contributed by atoms with Crippen LogP contribution in [0.3, 0.4) is 0 Å². The van der Waals surface area contributed by atoms with Gasteiger partial charge in [-0.1, -0.05) is 36.4 Å². The number of carbonyl (C=O) groups excluding carboxylic acids is 1. The molecule has 2 N–H and O–H groups in total. The molecular formula is C20H20N2O2. The zero-order chi connectivity index (χ0) is 16.5. The van der Waals surface area contributed by atoms with Crippen molar-refractivity contribution in [1.82, 2.24) is 10.6 Å². The second-order valence-corrected chi connectivity index (χ2v) is 6.09. The molecule has 122 valence electrons. The zero-order valence-corrected chi connectivity index (χ0v) is 13.6. The number of fused-ring (bicyclic) bond motifs is 2. The third-order valence-corrected chi connectivity index (χ3v) is 4.64. The molecule has 1 aliphatic heterocycles. The molecule has 0 bridgehead atoms. The van der Waals surface area contributed by atoms with Gasteiger partial charge in [0.15, 0.2) is 0 Å². The molecule has 1 atom stereocenters. The summed E-state index contributed by atoms with van der Waals surface area (Å²) in [6.07, 6.45) is 1.93. The van der Waals surface area contributed by atoms with E-state index in [1.165, 1.54) is 11.1 Å². The predicted molar refractivity (Wildman–Crippen MR) is 93.7 cm³/mol. The fourth-order valence-corrected chi connectivity index (χ4v) is 3.59. The van der Waals surface area contributed by atoms with E-state index in [0.717, 1.165) is 35.4 Å². The Bertz CT molecular complexity index is 826. The van der Waals surface area contributed by atoms with Gasteiger partial charge in [0.25, 0.3) is 0 Å². The van der Waals surface area contributed by atoms with E-state index in [-0.39, 0.29) is 12.1 Å². The van der Waals surface area contributed by atoms with Gasteiger partial charge in [0, 0.05) is 5.56 Å². The largest absolute Gasteiger partial charge is 0.494 e. The summed E-state index contributed by atoms with van der Waals surface area (Å²) in [5, 5.41) is 6.08. The lowest BCUT2D eigenvalue weighted by atomic mass is 9.83. The highest BCUT2D eigenvalue weighted by molar-refractivity contribution is 5.91. The molecule has 1 heterocycles. The third kappa shape index (κ3) is 2.54. The average Bonchev–Trinajstić information content (AvgIpc) is 2.61. The number of hydrogen-bond acceptors (Lipinski definition) is 2. The van der Waals surface area contributed by atoms with E-state index in [1.807, 2.05) is 37.3 Å². The van der Waals surface area contributed by atoms with Crippen LogP contribution in [0.25, 0.3) is 5.70 Å². The van der Waals surface area contributed by atoms with Crippen molar-refractivity contribution in [2.75, 3.05) is 6.61 Å². The van der Waals surface area contributed by atoms with Crippen molar-refractivity contribution in [3.63, 3.8) is 0 Å². The maximum Gasteiger partial charge on any atom is 0.319 e. The van der Waals surface area contributed by atoms with Gasteiger partial charge in [0.1, 0.15) is 5.75 Å². The number of aryl methyl sites for hydroxylation is 1. The lowest BCUT2D eigenvalue weighted by molar-refractivity contribution is 0.240. The van der Waals surface area contributed by atoms with E-state index in [0.29, 0.717) is 6.61 Å². The van der Waals surface area contributed by atoms with Crippen LogP contribution in [0, 0.1) is 0 Å². The fourth-order valence-electron chi connectivity index (χ4n) is 3.59. The molecule has 1 unspecified atom stereocenters. The number of rotatable bonds is 3. The molecule has 24 heavy (non-hydrogen) atoms. The van der Waals surface area contributed by atoms with E-state index >= 15 is 0 Å². The van der Waals surface area contributed by atoms with Gasteiger partial charge in [-0.3, -0.25) is 0 Å². The molecule has 2 aromatic rings.